The first kappa shape index (κ1) is 18.8. The van der Waals surface area contributed by atoms with E-state index >= 15 is 0 Å². The largest absolute Gasteiger partial charge is 0.353 e. The Morgan fingerprint density at radius 1 is 1.24 bits per heavy atom. The molecule has 4 heteroatoms. The van der Waals surface area contributed by atoms with Crippen molar-refractivity contribution in [1.82, 2.24) is 10.6 Å². The highest BCUT2D eigenvalue weighted by atomic mass is 35.5. The maximum atomic E-state index is 12.3. The standard InChI is InChI=1S/C17H32N2O.ClH/c1-3-14-7-4-5-9-16(14)19-17(20)11-13(2)15-8-6-10-18-12-15;/h13-16,18H,3-12H2,1-2H3,(H,19,20);1H. The molecule has 0 radical (unpaired) electrons. The number of nitrogens with one attached hydrogen (secondary N) is 2. The third-order valence-corrected chi connectivity index (χ3v) is 5.43. The van der Waals surface area contributed by atoms with E-state index < -0.39 is 0 Å². The minimum absolute atomic E-state index is 0. The van der Waals surface area contributed by atoms with Crippen LogP contribution in [0.4, 0.5) is 0 Å². The molecule has 2 rings (SSSR count). The van der Waals surface area contributed by atoms with Gasteiger partial charge in [-0.2, -0.15) is 0 Å². The van der Waals surface area contributed by atoms with Crippen LogP contribution < -0.4 is 10.6 Å². The Morgan fingerprint density at radius 2 is 2.00 bits per heavy atom. The number of piperidine rings is 1. The summed E-state index contributed by atoms with van der Waals surface area (Å²) in [6, 6.07) is 0.443. The summed E-state index contributed by atoms with van der Waals surface area (Å²) < 4.78 is 0. The fraction of sp³-hybridized carbons (Fsp3) is 0.941. The van der Waals surface area contributed by atoms with Crippen LogP contribution >= 0.6 is 12.4 Å². The molecule has 1 amide bonds. The van der Waals surface area contributed by atoms with E-state index in [1.54, 1.807) is 0 Å². The van der Waals surface area contributed by atoms with Gasteiger partial charge in [0.15, 0.2) is 0 Å². The van der Waals surface area contributed by atoms with Crippen molar-refractivity contribution in [2.24, 2.45) is 17.8 Å². The van der Waals surface area contributed by atoms with Crippen molar-refractivity contribution in [3.8, 4) is 0 Å². The van der Waals surface area contributed by atoms with Gasteiger partial charge >= 0.3 is 0 Å². The van der Waals surface area contributed by atoms with Crippen molar-refractivity contribution in [3.05, 3.63) is 0 Å². The second-order valence-electron chi connectivity index (χ2n) is 6.91. The summed E-state index contributed by atoms with van der Waals surface area (Å²) in [5, 5.41) is 6.79. The normalized spacial score (nSPS) is 31.0. The zero-order valence-corrected chi connectivity index (χ0v) is 14.5. The smallest absolute Gasteiger partial charge is 0.220 e. The van der Waals surface area contributed by atoms with Gasteiger partial charge in [-0.3, -0.25) is 4.79 Å². The Morgan fingerprint density at radius 3 is 2.67 bits per heavy atom. The number of carbonyl (C=O) groups excluding carboxylic acids is 1. The van der Waals surface area contributed by atoms with E-state index in [4.69, 9.17) is 0 Å². The molecule has 1 aliphatic carbocycles. The lowest BCUT2D eigenvalue weighted by Gasteiger charge is -2.33. The van der Waals surface area contributed by atoms with Gasteiger partial charge in [-0.15, -0.1) is 12.4 Å². The number of hydrogen-bond acceptors (Lipinski definition) is 2. The zero-order chi connectivity index (χ0) is 14.4. The Hall–Kier alpha value is -0.280. The SMILES string of the molecule is CCC1CCCCC1NC(=O)CC(C)C1CCCNC1.Cl. The summed E-state index contributed by atoms with van der Waals surface area (Å²) in [6.07, 6.45) is 9.55. The summed E-state index contributed by atoms with van der Waals surface area (Å²) in [4.78, 5) is 12.3. The molecule has 4 unspecified atom stereocenters. The molecular formula is C17H33ClN2O. The molecule has 3 nitrogen and oxygen atoms in total. The minimum atomic E-state index is 0. The topological polar surface area (TPSA) is 41.1 Å². The average molecular weight is 317 g/mol. The van der Waals surface area contributed by atoms with Crippen LogP contribution in [0.1, 0.15) is 65.2 Å². The quantitative estimate of drug-likeness (QED) is 0.815. The van der Waals surface area contributed by atoms with E-state index in [1.165, 1.54) is 44.9 Å². The number of halogens is 1. The maximum Gasteiger partial charge on any atom is 0.220 e. The van der Waals surface area contributed by atoms with E-state index in [0.29, 0.717) is 30.2 Å². The van der Waals surface area contributed by atoms with Crippen LogP contribution in [0, 0.1) is 17.8 Å². The van der Waals surface area contributed by atoms with Crippen LogP contribution in [0.3, 0.4) is 0 Å². The first-order chi connectivity index (χ1) is 9.70. The van der Waals surface area contributed by atoms with Crippen molar-refractivity contribution < 1.29 is 4.79 Å². The summed E-state index contributed by atoms with van der Waals surface area (Å²) in [5.41, 5.74) is 0. The Kier molecular flexibility index (Phi) is 8.65. The van der Waals surface area contributed by atoms with Gasteiger partial charge in [-0.25, -0.2) is 0 Å². The molecule has 21 heavy (non-hydrogen) atoms. The Balaban J connectivity index is 0.00000220. The molecular weight excluding hydrogens is 284 g/mol. The van der Waals surface area contributed by atoms with E-state index in [1.807, 2.05) is 0 Å². The summed E-state index contributed by atoms with van der Waals surface area (Å²) in [5.74, 6) is 2.18. The van der Waals surface area contributed by atoms with Crippen LogP contribution in [0.5, 0.6) is 0 Å². The van der Waals surface area contributed by atoms with Crippen LogP contribution in [0.2, 0.25) is 0 Å². The Labute approximate surface area is 136 Å². The number of carbonyl (C=O) groups is 1. The fourth-order valence-corrected chi connectivity index (χ4v) is 3.98. The molecule has 1 saturated carbocycles. The first-order valence-corrected chi connectivity index (χ1v) is 8.70. The zero-order valence-electron chi connectivity index (χ0n) is 13.7. The number of amides is 1. The molecule has 1 heterocycles. The Bertz CT molecular complexity index is 305. The predicted octanol–water partition coefficient (Wildman–Crippen LogP) is 3.52. The van der Waals surface area contributed by atoms with Gasteiger partial charge in [0.2, 0.25) is 5.91 Å². The van der Waals surface area contributed by atoms with Crippen molar-refractivity contribution in [2.75, 3.05) is 13.1 Å². The third kappa shape index (κ3) is 5.78. The lowest BCUT2D eigenvalue weighted by molar-refractivity contribution is -0.123. The van der Waals surface area contributed by atoms with E-state index in [-0.39, 0.29) is 18.3 Å². The molecule has 2 aliphatic rings. The lowest BCUT2D eigenvalue weighted by atomic mass is 9.82. The van der Waals surface area contributed by atoms with Crippen LogP contribution in [-0.2, 0) is 4.79 Å². The van der Waals surface area contributed by atoms with Gasteiger partial charge in [-0.1, -0.05) is 33.1 Å². The van der Waals surface area contributed by atoms with Gasteiger partial charge in [0.1, 0.15) is 0 Å². The van der Waals surface area contributed by atoms with Crippen molar-refractivity contribution in [1.29, 1.82) is 0 Å². The summed E-state index contributed by atoms with van der Waals surface area (Å²) >= 11 is 0. The van der Waals surface area contributed by atoms with E-state index in [0.717, 1.165) is 13.1 Å². The molecule has 0 aromatic rings. The highest BCUT2D eigenvalue weighted by Crippen LogP contribution is 2.27. The third-order valence-electron chi connectivity index (χ3n) is 5.43. The van der Waals surface area contributed by atoms with Gasteiger partial charge in [-0.05, 0) is 56.5 Å². The molecule has 2 fully saturated rings. The second kappa shape index (κ2) is 9.68. The van der Waals surface area contributed by atoms with E-state index in [9.17, 15) is 4.79 Å². The van der Waals surface area contributed by atoms with Gasteiger partial charge < -0.3 is 10.6 Å². The monoisotopic (exact) mass is 316 g/mol. The lowest BCUT2D eigenvalue weighted by Crippen LogP contribution is -2.43. The highest BCUT2D eigenvalue weighted by molar-refractivity contribution is 5.85. The van der Waals surface area contributed by atoms with Gasteiger partial charge in [0.05, 0.1) is 0 Å². The second-order valence-corrected chi connectivity index (χ2v) is 6.91. The molecule has 4 atom stereocenters. The average Bonchev–Trinajstić information content (AvgIpc) is 2.48. The van der Waals surface area contributed by atoms with Crippen molar-refractivity contribution >= 4 is 18.3 Å². The first-order valence-electron chi connectivity index (χ1n) is 8.70. The molecule has 0 aromatic carbocycles. The fourth-order valence-electron chi connectivity index (χ4n) is 3.98. The minimum Gasteiger partial charge on any atom is -0.353 e. The van der Waals surface area contributed by atoms with Gasteiger partial charge in [0, 0.05) is 12.5 Å². The van der Waals surface area contributed by atoms with Crippen molar-refractivity contribution in [2.45, 2.75) is 71.3 Å². The molecule has 1 saturated heterocycles. The van der Waals surface area contributed by atoms with Crippen LogP contribution in [-0.4, -0.2) is 25.0 Å². The predicted molar refractivity (Wildman–Crippen MR) is 90.8 cm³/mol. The molecule has 2 N–H and O–H groups in total. The van der Waals surface area contributed by atoms with Crippen LogP contribution in [0.15, 0.2) is 0 Å². The van der Waals surface area contributed by atoms with Crippen LogP contribution in [0.25, 0.3) is 0 Å². The molecule has 0 spiro atoms. The molecule has 0 bridgehead atoms. The molecule has 1 aliphatic heterocycles. The molecule has 0 aromatic heterocycles. The molecule has 124 valence electrons. The summed E-state index contributed by atoms with van der Waals surface area (Å²) in [7, 11) is 0. The summed E-state index contributed by atoms with van der Waals surface area (Å²) in [6.45, 7) is 6.74. The van der Waals surface area contributed by atoms with E-state index in [2.05, 4.69) is 24.5 Å². The highest BCUT2D eigenvalue weighted by Gasteiger charge is 2.27. The number of hydrogen-bond donors (Lipinski definition) is 2. The maximum absolute atomic E-state index is 12.3. The van der Waals surface area contributed by atoms with Crippen molar-refractivity contribution in [3.63, 3.8) is 0 Å². The van der Waals surface area contributed by atoms with Gasteiger partial charge in [0.25, 0.3) is 0 Å². The number of rotatable bonds is 5.